The number of piperazine rings is 1. The third-order valence-electron chi connectivity index (χ3n) is 7.49. The average Bonchev–Trinajstić information content (AvgIpc) is 3.35. The Morgan fingerprint density at radius 1 is 1.22 bits per heavy atom. The van der Waals surface area contributed by atoms with Gasteiger partial charge in [0.1, 0.15) is 5.75 Å². The van der Waals surface area contributed by atoms with E-state index in [1.807, 2.05) is 34.4 Å². The number of carbonyl (C=O) groups excluding carboxylic acids is 1. The van der Waals surface area contributed by atoms with Crippen molar-refractivity contribution in [3.63, 3.8) is 0 Å². The molecule has 3 atom stereocenters. The number of thiazole rings is 1. The van der Waals surface area contributed by atoms with Crippen LogP contribution in [0.5, 0.6) is 5.75 Å². The molecule has 2 fully saturated rings. The summed E-state index contributed by atoms with van der Waals surface area (Å²) in [6.07, 6.45) is 4.19. The monoisotopic (exact) mass is 453 g/mol. The maximum Gasteiger partial charge on any atom is 0.318 e. The van der Waals surface area contributed by atoms with Crippen LogP contribution in [0.2, 0.25) is 0 Å². The van der Waals surface area contributed by atoms with Crippen molar-refractivity contribution in [2.75, 3.05) is 37.7 Å². The molecule has 32 heavy (non-hydrogen) atoms. The van der Waals surface area contributed by atoms with Crippen molar-refractivity contribution < 1.29 is 9.53 Å². The Hall–Kier alpha value is -2.32. The van der Waals surface area contributed by atoms with Crippen LogP contribution in [0.3, 0.4) is 0 Å². The van der Waals surface area contributed by atoms with E-state index in [1.54, 1.807) is 0 Å². The third kappa shape index (κ3) is 3.53. The molecule has 2 unspecified atom stereocenters. The molecule has 2 bridgehead atoms. The molecule has 0 saturated carbocycles. The summed E-state index contributed by atoms with van der Waals surface area (Å²) in [4.78, 5) is 26.6. The van der Waals surface area contributed by atoms with Gasteiger partial charge in [-0.2, -0.15) is 0 Å². The van der Waals surface area contributed by atoms with Crippen LogP contribution in [0.4, 0.5) is 9.93 Å². The molecule has 7 nitrogen and oxygen atoms in total. The van der Waals surface area contributed by atoms with Crippen molar-refractivity contribution in [2.24, 2.45) is 0 Å². The summed E-state index contributed by atoms with van der Waals surface area (Å²) >= 11 is 1.81. The number of hydrogen-bond donors (Lipinski definition) is 1. The molecule has 1 aromatic heterocycles. The summed E-state index contributed by atoms with van der Waals surface area (Å²) in [6, 6.07) is 9.23. The lowest BCUT2D eigenvalue weighted by atomic mass is 10.0. The number of likely N-dealkylation sites (tertiary alicyclic amines) is 1. The second-order valence-corrected chi connectivity index (χ2v) is 10.4. The van der Waals surface area contributed by atoms with Crippen LogP contribution in [-0.4, -0.2) is 65.7 Å². The van der Waals surface area contributed by atoms with Crippen LogP contribution in [0.15, 0.2) is 24.3 Å². The standard InChI is InChI=1S/C24H31N5O2S/c1-2-27-13-16-7-8-17(14-27)29(16)24-26-20-9-11-28(15-22(20)32-24)23(30)25-19-10-12-31-21-6-4-3-5-18(19)21/h3-6,16-17,19H,2,7-15H2,1H3,(H,25,30)/t16?,17?,19-/m1/s1. The van der Waals surface area contributed by atoms with Gasteiger partial charge >= 0.3 is 6.03 Å². The van der Waals surface area contributed by atoms with Gasteiger partial charge in [0.05, 0.1) is 24.9 Å². The van der Waals surface area contributed by atoms with E-state index in [4.69, 9.17) is 9.72 Å². The highest BCUT2D eigenvalue weighted by atomic mass is 32.1. The van der Waals surface area contributed by atoms with Gasteiger partial charge in [0.2, 0.25) is 0 Å². The average molecular weight is 454 g/mol. The lowest BCUT2D eigenvalue weighted by Gasteiger charge is -2.40. The van der Waals surface area contributed by atoms with E-state index in [0.29, 0.717) is 25.2 Å². The van der Waals surface area contributed by atoms with Gasteiger partial charge in [-0.25, -0.2) is 9.78 Å². The molecule has 1 aromatic carbocycles. The summed E-state index contributed by atoms with van der Waals surface area (Å²) in [6.45, 7) is 7.72. The van der Waals surface area contributed by atoms with E-state index in [2.05, 4.69) is 28.1 Å². The first kappa shape index (κ1) is 20.3. The fourth-order valence-corrected chi connectivity index (χ4v) is 7.02. The SMILES string of the molecule is CCN1CC2CCC(C1)N2c1nc2c(s1)CN(C(=O)N[C@@H]1CCOc3ccccc31)CC2. The number of carbonyl (C=O) groups is 1. The first-order valence-corrected chi connectivity index (χ1v) is 12.8. The predicted molar refractivity (Wildman–Crippen MR) is 125 cm³/mol. The topological polar surface area (TPSA) is 60.9 Å². The first-order chi connectivity index (χ1) is 15.7. The molecule has 4 aliphatic rings. The zero-order valence-corrected chi connectivity index (χ0v) is 19.4. The van der Waals surface area contributed by atoms with Gasteiger partial charge in [0.15, 0.2) is 5.13 Å². The summed E-state index contributed by atoms with van der Waals surface area (Å²) < 4.78 is 5.74. The van der Waals surface area contributed by atoms with Crippen LogP contribution in [-0.2, 0) is 13.0 Å². The lowest BCUT2D eigenvalue weighted by Crippen LogP contribution is -2.53. The largest absolute Gasteiger partial charge is 0.493 e. The van der Waals surface area contributed by atoms with Crippen LogP contribution < -0.4 is 15.0 Å². The second kappa shape index (κ2) is 8.23. The minimum atomic E-state index is 0.0105. The Bertz CT molecular complexity index is 996. The Balaban J connectivity index is 1.14. The van der Waals surface area contributed by atoms with Crippen molar-refractivity contribution in [3.8, 4) is 5.75 Å². The highest BCUT2D eigenvalue weighted by Gasteiger charge is 2.41. The lowest BCUT2D eigenvalue weighted by molar-refractivity contribution is 0.181. The van der Waals surface area contributed by atoms with E-state index in [1.165, 1.54) is 28.5 Å². The van der Waals surface area contributed by atoms with Crippen molar-refractivity contribution in [1.82, 2.24) is 20.1 Å². The van der Waals surface area contributed by atoms with E-state index < -0.39 is 0 Å². The van der Waals surface area contributed by atoms with E-state index in [0.717, 1.165) is 50.3 Å². The van der Waals surface area contributed by atoms with Crippen LogP contribution in [0.1, 0.15) is 48.4 Å². The molecular weight excluding hydrogens is 422 g/mol. The molecule has 4 aliphatic heterocycles. The zero-order valence-electron chi connectivity index (χ0n) is 18.6. The zero-order chi connectivity index (χ0) is 21.7. The summed E-state index contributed by atoms with van der Waals surface area (Å²) in [7, 11) is 0. The fraction of sp³-hybridized carbons (Fsp3) is 0.583. The van der Waals surface area contributed by atoms with Gasteiger partial charge in [-0.05, 0) is 25.5 Å². The quantitative estimate of drug-likeness (QED) is 0.772. The molecule has 170 valence electrons. The van der Waals surface area contributed by atoms with Crippen molar-refractivity contribution in [1.29, 1.82) is 0 Å². The predicted octanol–water partition coefficient (Wildman–Crippen LogP) is 3.41. The Labute approximate surface area is 193 Å². The Morgan fingerprint density at radius 2 is 2.03 bits per heavy atom. The van der Waals surface area contributed by atoms with Gasteiger partial charge in [0, 0.05) is 55.0 Å². The number of para-hydroxylation sites is 1. The van der Waals surface area contributed by atoms with Crippen LogP contribution in [0.25, 0.3) is 0 Å². The number of aromatic nitrogens is 1. The smallest absolute Gasteiger partial charge is 0.318 e. The molecular formula is C24H31N5O2S. The normalized spacial score (nSPS) is 27.0. The molecule has 5 heterocycles. The molecule has 1 N–H and O–H groups in total. The number of anilines is 1. The second-order valence-electron chi connectivity index (χ2n) is 9.36. The number of nitrogens with one attached hydrogen (secondary N) is 1. The number of hydrogen-bond acceptors (Lipinski definition) is 6. The summed E-state index contributed by atoms with van der Waals surface area (Å²) in [5.41, 5.74) is 2.27. The van der Waals surface area contributed by atoms with Crippen LogP contribution in [0, 0.1) is 0 Å². The molecule has 0 spiro atoms. The molecule has 0 aliphatic carbocycles. The van der Waals surface area contributed by atoms with Crippen molar-refractivity contribution in [3.05, 3.63) is 40.4 Å². The van der Waals surface area contributed by atoms with E-state index in [9.17, 15) is 4.79 Å². The number of urea groups is 1. The number of benzene rings is 1. The highest BCUT2D eigenvalue weighted by Crippen LogP contribution is 2.39. The van der Waals surface area contributed by atoms with Gasteiger partial charge in [-0.1, -0.05) is 36.5 Å². The Morgan fingerprint density at radius 3 is 2.84 bits per heavy atom. The van der Waals surface area contributed by atoms with Gasteiger partial charge in [-0.15, -0.1) is 0 Å². The third-order valence-corrected chi connectivity index (χ3v) is 8.59. The summed E-state index contributed by atoms with van der Waals surface area (Å²) in [5.74, 6) is 0.884. The maximum absolute atomic E-state index is 13.1. The Kier molecular flexibility index (Phi) is 5.22. The molecule has 0 radical (unpaired) electrons. The number of rotatable bonds is 3. The molecule has 2 amide bonds. The van der Waals surface area contributed by atoms with Crippen molar-refractivity contribution >= 4 is 22.5 Å². The van der Waals surface area contributed by atoms with Gasteiger partial charge in [0.25, 0.3) is 0 Å². The fourth-order valence-electron chi connectivity index (χ4n) is 5.76. The van der Waals surface area contributed by atoms with Gasteiger partial charge < -0.3 is 19.9 Å². The minimum Gasteiger partial charge on any atom is -0.493 e. The highest BCUT2D eigenvalue weighted by molar-refractivity contribution is 7.15. The molecule has 2 aromatic rings. The molecule has 2 saturated heterocycles. The number of ether oxygens (including phenoxy) is 1. The number of amides is 2. The number of fused-ring (bicyclic) bond motifs is 4. The molecule has 8 heteroatoms. The number of likely N-dealkylation sites (N-methyl/N-ethyl adjacent to an activating group) is 1. The van der Waals surface area contributed by atoms with E-state index in [-0.39, 0.29) is 12.1 Å². The maximum atomic E-state index is 13.1. The minimum absolute atomic E-state index is 0.0105. The van der Waals surface area contributed by atoms with E-state index >= 15 is 0 Å². The van der Waals surface area contributed by atoms with Gasteiger partial charge in [-0.3, -0.25) is 4.90 Å². The number of nitrogens with zero attached hydrogens (tertiary/aromatic N) is 4. The van der Waals surface area contributed by atoms with Crippen LogP contribution >= 0.6 is 11.3 Å². The summed E-state index contributed by atoms with van der Waals surface area (Å²) in [5, 5.41) is 4.44. The first-order valence-electron chi connectivity index (χ1n) is 12.0. The molecule has 6 rings (SSSR count). The van der Waals surface area contributed by atoms with Crippen molar-refractivity contribution in [2.45, 2.75) is 57.3 Å².